The van der Waals surface area contributed by atoms with Crippen LogP contribution < -0.4 is 14.8 Å². The van der Waals surface area contributed by atoms with Crippen molar-refractivity contribution >= 4 is 0 Å². The molecule has 4 heteroatoms. The molecule has 0 aromatic heterocycles. The first-order valence-electron chi connectivity index (χ1n) is 7.27. The fourth-order valence-corrected chi connectivity index (χ4v) is 2.69. The van der Waals surface area contributed by atoms with Crippen LogP contribution in [-0.2, 0) is 4.74 Å². The Bertz CT molecular complexity index is 430. The van der Waals surface area contributed by atoms with Crippen molar-refractivity contribution in [3.8, 4) is 11.5 Å². The molecule has 0 spiro atoms. The maximum atomic E-state index is 5.59. The molecule has 1 atom stereocenters. The summed E-state index contributed by atoms with van der Waals surface area (Å²) in [5, 5.41) is 3.63. The number of hydrogen-bond donors (Lipinski definition) is 1. The van der Waals surface area contributed by atoms with E-state index in [1.807, 2.05) is 19.1 Å². The standard InChI is InChI=1S/C16H25NO3/c1-5-20-14-8-12(9-14)17-11(2)15-7-6-13(18-3)10-16(15)19-4/h6-7,10-12,14,17H,5,8-9H2,1-4H3. The molecule has 20 heavy (non-hydrogen) atoms. The molecule has 0 saturated heterocycles. The summed E-state index contributed by atoms with van der Waals surface area (Å²) in [5.74, 6) is 1.68. The van der Waals surface area contributed by atoms with Gasteiger partial charge in [0.05, 0.1) is 20.3 Å². The van der Waals surface area contributed by atoms with Crippen LogP contribution in [-0.4, -0.2) is 33.0 Å². The largest absolute Gasteiger partial charge is 0.497 e. The Balaban J connectivity index is 1.94. The van der Waals surface area contributed by atoms with Gasteiger partial charge in [-0.3, -0.25) is 0 Å². The molecule has 112 valence electrons. The van der Waals surface area contributed by atoms with Crippen LogP contribution >= 0.6 is 0 Å². The number of rotatable bonds is 7. The molecule has 4 nitrogen and oxygen atoms in total. The maximum absolute atomic E-state index is 5.59. The van der Waals surface area contributed by atoms with Crippen molar-refractivity contribution in [3.05, 3.63) is 23.8 Å². The average molecular weight is 279 g/mol. The minimum Gasteiger partial charge on any atom is -0.497 e. The summed E-state index contributed by atoms with van der Waals surface area (Å²) in [7, 11) is 3.36. The number of hydrogen-bond acceptors (Lipinski definition) is 4. The highest BCUT2D eigenvalue weighted by Gasteiger charge is 2.30. The molecule has 0 radical (unpaired) electrons. The molecule has 1 aromatic rings. The summed E-state index contributed by atoms with van der Waals surface area (Å²) in [4.78, 5) is 0. The van der Waals surface area contributed by atoms with Crippen molar-refractivity contribution in [2.24, 2.45) is 0 Å². The van der Waals surface area contributed by atoms with Gasteiger partial charge in [0, 0.05) is 30.3 Å². The molecule has 1 N–H and O–H groups in total. The lowest BCUT2D eigenvalue weighted by atomic mass is 9.88. The number of ether oxygens (including phenoxy) is 3. The van der Waals surface area contributed by atoms with E-state index in [-0.39, 0.29) is 6.04 Å². The molecule has 1 fully saturated rings. The van der Waals surface area contributed by atoms with Crippen molar-refractivity contribution in [3.63, 3.8) is 0 Å². The summed E-state index contributed by atoms with van der Waals surface area (Å²) in [6.45, 7) is 5.02. The highest BCUT2D eigenvalue weighted by Crippen LogP contribution is 2.32. The first kappa shape index (κ1) is 15.1. The van der Waals surface area contributed by atoms with E-state index in [4.69, 9.17) is 14.2 Å². The lowest BCUT2D eigenvalue weighted by molar-refractivity contribution is -0.0120. The topological polar surface area (TPSA) is 39.7 Å². The van der Waals surface area contributed by atoms with Crippen LogP contribution in [0, 0.1) is 0 Å². The van der Waals surface area contributed by atoms with E-state index in [1.165, 1.54) is 0 Å². The summed E-state index contributed by atoms with van der Waals surface area (Å²) < 4.78 is 16.3. The summed E-state index contributed by atoms with van der Waals surface area (Å²) in [6.07, 6.45) is 2.62. The highest BCUT2D eigenvalue weighted by atomic mass is 16.5. The lowest BCUT2D eigenvalue weighted by Crippen LogP contribution is -2.46. The van der Waals surface area contributed by atoms with E-state index < -0.39 is 0 Å². The van der Waals surface area contributed by atoms with Crippen LogP contribution in [0.25, 0.3) is 0 Å². The zero-order chi connectivity index (χ0) is 14.5. The third kappa shape index (κ3) is 3.44. The second-order valence-electron chi connectivity index (χ2n) is 5.24. The Morgan fingerprint density at radius 1 is 1.25 bits per heavy atom. The Hall–Kier alpha value is -1.26. The lowest BCUT2D eigenvalue weighted by Gasteiger charge is -2.37. The van der Waals surface area contributed by atoms with Crippen molar-refractivity contribution in [2.75, 3.05) is 20.8 Å². The second-order valence-corrected chi connectivity index (χ2v) is 5.24. The van der Waals surface area contributed by atoms with Gasteiger partial charge in [-0.25, -0.2) is 0 Å². The zero-order valence-electron chi connectivity index (χ0n) is 12.8. The van der Waals surface area contributed by atoms with Gasteiger partial charge in [-0.05, 0) is 32.8 Å². The molecule has 1 aromatic carbocycles. The van der Waals surface area contributed by atoms with Crippen molar-refractivity contribution in [1.29, 1.82) is 0 Å². The molecule has 0 heterocycles. The van der Waals surface area contributed by atoms with E-state index in [9.17, 15) is 0 Å². The number of methoxy groups -OCH3 is 2. The van der Waals surface area contributed by atoms with Crippen LogP contribution in [0.5, 0.6) is 11.5 Å². The van der Waals surface area contributed by atoms with E-state index in [1.54, 1.807) is 14.2 Å². The highest BCUT2D eigenvalue weighted by molar-refractivity contribution is 5.42. The summed E-state index contributed by atoms with van der Waals surface area (Å²) in [5.41, 5.74) is 1.16. The van der Waals surface area contributed by atoms with Gasteiger partial charge in [0.15, 0.2) is 0 Å². The molecular weight excluding hydrogens is 254 g/mol. The third-order valence-corrected chi connectivity index (χ3v) is 3.89. The van der Waals surface area contributed by atoms with Gasteiger partial charge >= 0.3 is 0 Å². The SMILES string of the molecule is CCOC1CC(NC(C)c2ccc(OC)cc2OC)C1. The number of benzene rings is 1. The van der Waals surface area contributed by atoms with Crippen LogP contribution in [0.3, 0.4) is 0 Å². The van der Waals surface area contributed by atoms with E-state index >= 15 is 0 Å². The van der Waals surface area contributed by atoms with Crippen molar-refractivity contribution in [2.45, 2.75) is 44.9 Å². The molecule has 1 unspecified atom stereocenters. The Morgan fingerprint density at radius 2 is 2.00 bits per heavy atom. The molecule has 2 rings (SSSR count). The fourth-order valence-electron chi connectivity index (χ4n) is 2.69. The van der Waals surface area contributed by atoms with Gasteiger partial charge in [-0.1, -0.05) is 6.07 Å². The van der Waals surface area contributed by atoms with Crippen LogP contribution in [0.4, 0.5) is 0 Å². The Labute approximate surface area is 121 Å². The molecule has 1 aliphatic carbocycles. The monoisotopic (exact) mass is 279 g/mol. The van der Waals surface area contributed by atoms with Gasteiger partial charge in [-0.15, -0.1) is 0 Å². The first-order valence-corrected chi connectivity index (χ1v) is 7.27. The van der Waals surface area contributed by atoms with Crippen LogP contribution in [0.1, 0.15) is 38.3 Å². The van der Waals surface area contributed by atoms with Gasteiger partial charge in [0.1, 0.15) is 11.5 Å². The van der Waals surface area contributed by atoms with E-state index in [0.717, 1.165) is 36.5 Å². The minimum atomic E-state index is 0.253. The molecule has 0 aliphatic heterocycles. The average Bonchev–Trinajstić information content (AvgIpc) is 2.44. The Morgan fingerprint density at radius 3 is 2.60 bits per heavy atom. The second kappa shape index (κ2) is 6.95. The van der Waals surface area contributed by atoms with Gasteiger partial charge in [0.2, 0.25) is 0 Å². The molecule has 1 aliphatic rings. The first-order chi connectivity index (χ1) is 9.67. The minimum absolute atomic E-state index is 0.253. The smallest absolute Gasteiger partial charge is 0.127 e. The predicted octanol–water partition coefficient (Wildman–Crippen LogP) is 2.92. The van der Waals surface area contributed by atoms with E-state index in [0.29, 0.717) is 12.1 Å². The predicted molar refractivity (Wildman–Crippen MR) is 79.5 cm³/mol. The third-order valence-electron chi connectivity index (χ3n) is 3.89. The van der Waals surface area contributed by atoms with Gasteiger partial charge < -0.3 is 19.5 Å². The van der Waals surface area contributed by atoms with Crippen molar-refractivity contribution < 1.29 is 14.2 Å². The molecule has 0 bridgehead atoms. The quantitative estimate of drug-likeness (QED) is 0.833. The van der Waals surface area contributed by atoms with Gasteiger partial charge in [0.25, 0.3) is 0 Å². The van der Waals surface area contributed by atoms with Crippen molar-refractivity contribution in [1.82, 2.24) is 5.32 Å². The Kier molecular flexibility index (Phi) is 5.26. The summed E-state index contributed by atoms with van der Waals surface area (Å²) in [6, 6.07) is 6.75. The van der Waals surface area contributed by atoms with Gasteiger partial charge in [-0.2, -0.15) is 0 Å². The fraction of sp³-hybridized carbons (Fsp3) is 0.625. The van der Waals surface area contributed by atoms with Crippen LogP contribution in [0.2, 0.25) is 0 Å². The normalized spacial score (nSPS) is 23.0. The number of nitrogens with one attached hydrogen (secondary N) is 1. The van der Waals surface area contributed by atoms with Crippen LogP contribution in [0.15, 0.2) is 18.2 Å². The molecule has 0 amide bonds. The summed E-state index contributed by atoms with van der Waals surface area (Å²) >= 11 is 0. The zero-order valence-corrected chi connectivity index (χ0v) is 12.8. The molecule has 1 saturated carbocycles. The maximum Gasteiger partial charge on any atom is 0.127 e. The van der Waals surface area contributed by atoms with E-state index in [2.05, 4.69) is 18.3 Å². The molecular formula is C16H25NO3.